The Morgan fingerprint density at radius 2 is 1.86 bits per heavy atom. The van der Waals surface area contributed by atoms with E-state index in [1.165, 1.54) is 18.2 Å². The van der Waals surface area contributed by atoms with Crippen LogP contribution >= 0.6 is 35.0 Å². The van der Waals surface area contributed by atoms with Crippen LogP contribution in [0.3, 0.4) is 0 Å². The summed E-state index contributed by atoms with van der Waals surface area (Å²) in [6.45, 7) is 5.71. The van der Waals surface area contributed by atoms with Crippen LogP contribution in [0.5, 0.6) is 0 Å². The number of amides is 1. The molecule has 1 N–H and O–H groups in total. The normalized spacial score (nSPS) is 14.7. The molecule has 0 bridgehead atoms. The van der Waals surface area contributed by atoms with Crippen LogP contribution in [0.15, 0.2) is 46.2 Å². The lowest BCUT2D eigenvalue weighted by Gasteiger charge is -2.29. The standard InChI is InChI=1S/C19H20Cl2N2O3S2/c1-19(2,3)22-28(25,26)17-10-12(4-6-14(17)21)18(24)23-8-9-27-16-7-5-13(20)11-15(16)23/h4-7,10-11,22H,8-9H2,1-3H3. The second-order valence-electron chi connectivity index (χ2n) is 7.42. The topological polar surface area (TPSA) is 66.5 Å². The highest BCUT2D eigenvalue weighted by atomic mass is 35.5. The van der Waals surface area contributed by atoms with Gasteiger partial charge in [-0.2, -0.15) is 0 Å². The van der Waals surface area contributed by atoms with Crippen LogP contribution in [0.25, 0.3) is 0 Å². The average Bonchev–Trinajstić information content (AvgIpc) is 2.58. The lowest BCUT2D eigenvalue weighted by atomic mass is 10.1. The molecule has 0 radical (unpaired) electrons. The zero-order valence-corrected chi connectivity index (χ0v) is 18.8. The van der Waals surface area contributed by atoms with Gasteiger partial charge in [-0.25, -0.2) is 13.1 Å². The molecule has 1 amide bonds. The van der Waals surface area contributed by atoms with Crippen molar-refractivity contribution in [3.8, 4) is 0 Å². The summed E-state index contributed by atoms with van der Waals surface area (Å²) in [4.78, 5) is 15.6. The number of nitrogens with one attached hydrogen (secondary N) is 1. The molecule has 2 aromatic carbocycles. The van der Waals surface area contributed by atoms with Crippen LogP contribution in [0, 0.1) is 0 Å². The molecule has 0 aliphatic carbocycles. The Kier molecular flexibility index (Phi) is 6.04. The van der Waals surface area contributed by atoms with Crippen molar-refractivity contribution in [3.63, 3.8) is 0 Å². The van der Waals surface area contributed by atoms with Gasteiger partial charge in [-0.15, -0.1) is 11.8 Å². The first kappa shape index (κ1) is 21.5. The minimum Gasteiger partial charge on any atom is -0.306 e. The van der Waals surface area contributed by atoms with Gasteiger partial charge in [0.05, 0.1) is 10.7 Å². The second-order valence-corrected chi connectivity index (χ2v) is 11.0. The number of carbonyl (C=O) groups excluding carboxylic acids is 1. The third kappa shape index (κ3) is 4.66. The Hall–Kier alpha value is -1.25. The quantitative estimate of drug-likeness (QED) is 0.715. The molecule has 9 heteroatoms. The van der Waals surface area contributed by atoms with Gasteiger partial charge in [0, 0.05) is 33.3 Å². The first-order valence-electron chi connectivity index (χ1n) is 8.56. The molecule has 1 aliphatic heterocycles. The smallest absolute Gasteiger partial charge is 0.258 e. The number of benzene rings is 2. The molecule has 5 nitrogen and oxygen atoms in total. The van der Waals surface area contributed by atoms with Crippen molar-refractivity contribution in [2.24, 2.45) is 0 Å². The van der Waals surface area contributed by atoms with Gasteiger partial charge in [0.15, 0.2) is 0 Å². The van der Waals surface area contributed by atoms with E-state index in [4.69, 9.17) is 23.2 Å². The summed E-state index contributed by atoms with van der Waals surface area (Å²) in [5.41, 5.74) is 0.291. The van der Waals surface area contributed by atoms with E-state index in [0.717, 1.165) is 16.3 Å². The maximum Gasteiger partial charge on any atom is 0.258 e. The minimum atomic E-state index is -3.88. The molecule has 1 heterocycles. The van der Waals surface area contributed by atoms with Crippen LogP contribution in [0.2, 0.25) is 10.0 Å². The molecule has 0 unspecified atom stereocenters. The van der Waals surface area contributed by atoms with Crippen LogP contribution in [-0.4, -0.2) is 32.2 Å². The Labute approximate surface area is 179 Å². The predicted molar refractivity (Wildman–Crippen MR) is 115 cm³/mol. The highest BCUT2D eigenvalue weighted by Gasteiger charge is 2.28. The van der Waals surface area contributed by atoms with Gasteiger partial charge in [0.2, 0.25) is 10.0 Å². The van der Waals surface area contributed by atoms with E-state index in [-0.39, 0.29) is 21.4 Å². The molecule has 0 fully saturated rings. The number of halogens is 2. The molecule has 1 aliphatic rings. The molecular formula is C19H20Cl2N2O3S2. The second kappa shape index (κ2) is 7.88. The summed E-state index contributed by atoms with van der Waals surface area (Å²) >= 11 is 13.9. The first-order valence-corrected chi connectivity index (χ1v) is 11.8. The van der Waals surface area contributed by atoms with E-state index in [1.807, 2.05) is 6.07 Å². The predicted octanol–water partition coefficient (Wildman–Crippen LogP) is 4.82. The zero-order valence-electron chi connectivity index (χ0n) is 15.6. The van der Waals surface area contributed by atoms with Gasteiger partial charge in [0.25, 0.3) is 5.91 Å². The fourth-order valence-electron chi connectivity index (χ4n) is 2.86. The van der Waals surface area contributed by atoms with Gasteiger partial charge in [-0.3, -0.25) is 4.79 Å². The number of hydrogen-bond donors (Lipinski definition) is 1. The molecule has 0 atom stereocenters. The molecule has 0 spiro atoms. The van der Waals surface area contributed by atoms with E-state index >= 15 is 0 Å². The summed E-state index contributed by atoms with van der Waals surface area (Å²) in [7, 11) is -3.88. The van der Waals surface area contributed by atoms with E-state index in [1.54, 1.807) is 49.6 Å². The Morgan fingerprint density at radius 3 is 2.54 bits per heavy atom. The number of anilines is 1. The van der Waals surface area contributed by atoms with Gasteiger partial charge in [-0.1, -0.05) is 23.2 Å². The molecule has 0 aromatic heterocycles. The SMILES string of the molecule is CC(C)(C)NS(=O)(=O)c1cc(C(=O)N2CCSc3ccc(Cl)cc32)ccc1Cl. The summed E-state index contributed by atoms with van der Waals surface area (Å²) in [5, 5.41) is 0.596. The van der Waals surface area contributed by atoms with Crippen molar-refractivity contribution in [1.29, 1.82) is 0 Å². The molecule has 2 aromatic rings. The summed E-state index contributed by atoms with van der Waals surface area (Å²) in [6.07, 6.45) is 0. The molecule has 0 saturated heterocycles. The highest BCUT2D eigenvalue weighted by molar-refractivity contribution is 7.99. The maximum absolute atomic E-state index is 13.2. The fourth-order valence-corrected chi connectivity index (χ4v) is 5.94. The Balaban J connectivity index is 2.00. The highest BCUT2D eigenvalue weighted by Crippen LogP contribution is 2.37. The monoisotopic (exact) mass is 458 g/mol. The maximum atomic E-state index is 13.2. The van der Waals surface area contributed by atoms with Crippen LogP contribution in [-0.2, 0) is 10.0 Å². The van der Waals surface area contributed by atoms with Gasteiger partial charge in [0.1, 0.15) is 4.90 Å². The largest absolute Gasteiger partial charge is 0.306 e. The van der Waals surface area contributed by atoms with Gasteiger partial charge < -0.3 is 4.90 Å². The summed E-state index contributed by atoms with van der Waals surface area (Å²) < 4.78 is 28.0. The lowest BCUT2D eigenvalue weighted by Crippen LogP contribution is -2.40. The van der Waals surface area contributed by atoms with Crippen LogP contribution < -0.4 is 9.62 Å². The molecule has 3 rings (SSSR count). The molecule has 150 valence electrons. The number of nitrogens with zero attached hydrogens (tertiary/aromatic N) is 1. The number of rotatable bonds is 3. The number of hydrogen-bond acceptors (Lipinski definition) is 4. The number of thioether (sulfide) groups is 1. The third-order valence-electron chi connectivity index (χ3n) is 3.94. The van der Waals surface area contributed by atoms with Crippen molar-refractivity contribution in [3.05, 3.63) is 52.0 Å². The Bertz CT molecular complexity index is 1030. The molecular weight excluding hydrogens is 439 g/mol. The van der Waals surface area contributed by atoms with Gasteiger partial charge in [-0.05, 0) is 57.2 Å². The van der Waals surface area contributed by atoms with Crippen molar-refractivity contribution < 1.29 is 13.2 Å². The van der Waals surface area contributed by atoms with Crippen molar-refractivity contribution in [1.82, 2.24) is 4.72 Å². The minimum absolute atomic E-state index is 0.0611. The summed E-state index contributed by atoms with van der Waals surface area (Å²) in [6, 6.07) is 9.70. The van der Waals surface area contributed by atoms with Crippen molar-refractivity contribution in [2.75, 3.05) is 17.2 Å². The summed E-state index contributed by atoms with van der Waals surface area (Å²) in [5.74, 6) is 0.442. The molecule has 0 saturated carbocycles. The van der Waals surface area contributed by atoms with Gasteiger partial charge >= 0.3 is 0 Å². The lowest BCUT2D eigenvalue weighted by molar-refractivity contribution is 0.0987. The number of sulfonamides is 1. The van der Waals surface area contributed by atoms with Crippen LogP contribution in [0.1, 0.15) is 31.1 Å². The van der Waals surface area contributed by atoms with Crippen molar-refractivity contribution in [2.45, 2.75) is 36.1 Å². The van der Waals surface area contributed by atoms with E-state index in [2.05, 4.69) is 4.72 Å². The fraction of sp³-hybridized carbons (Fsp3) is 0.316. The Morgan fingerprint density at radius 1 is 1.14 bits per heavy atom. The molecule has 28 heavy (non-hydrogen) atoms. The van der Waals surface area contributed by atoms with Crippen LogP contribution in [0.4, 0.5) is 5.69 Å². The van der Waals surface area contributed by atoms with E-state index in [9.17, 15) is 13.2 Å². The first-order chi connectivity index (χ1) is 13.0. The number of fused-ring (bicyclic) bond motifs is 1. The zero-order chi connectivity index (χ0) is 20.7. The number of carbonyl (C=O) groups is 1. The van der Waals surface area contributed by atoms with E-state index in [0.29, 0.717) is 11.6 Å². The third-order valence-corrected chi connectivity index (χ3v) is 7.46. The average molecular weight is 459 g/mol. The van der Waals surface area contributed by atoms with E-state index < -0.39 is 15.6 Å². The van der Waals surface area contributed by atoms with Crippen molar-refractivity contribution >= 4 is 56.6 Å².